The third-order valence-corrected chi connectivity index (χ3v) is 2.05. The number of nitrogens with zero attached hydrogens (tertiary/aromatic N) is 1. The van der Waals surface area contributed by atoms with Crippen LogP contribution >= 0.6 is 0 Å². The molecule has 1 aromatic carbocycles. The molecule has 6 heteroatoms. The summed E-state index contributed by atoms with van der Waals surface area (Å²) in [6.45, 7) is 0.421. The van der Waals surface area contributed by atoms with Gasteiger partial charge < -0.3 is 4.74 Å². The van der Waals surface area contributed by atoms with Crippen LogP contribution in [0.1, 0.15) is 25.3 Å². The van der Waals surface area contributed by atoms with Gasteiger partial charge in [0.15, 0.2) is 0 Å². The Hall–Kier alpha value is -1.72. The maximum atomic E-state index is 12.1. The summed E-state index contributed by atoms with van der Waals surface area (Å²) in [5, 5.41) is 10.8. The molecule has 0 aromatic heterocycles. The van der Waals surface area contributed by atoms with Crippen molar-refractivity contribution in [2.75, 3.05) is 0 Å². The Morgan fingerprint density at radius 3 is 2.44 bits per heavy atom. The number of hydrogen-bond donors (Lipinski definition) is 0. The molecule has 0 unspecified atom stereocenters. The monoisotopic (exact) mass is 231 g/mol. The van der Waals surface area contributed by atoms with E-state index in [4.69, 9.17) is 0 Å². The Balaban J connectivity index is 3.27. The molecule has 0 saturated carbocycles. The summed E-state index contributed by atoms with van der Waals surface area (Å²) in [6.07, 6.45) is 0. The Morgan fingerprint density at radius 1 is 1.38 bits per heavy atom. The molecule has 0 heterocycles. The molecule has 0 bridgehead atoms. The van der Waals surface area contributed by atoms with E-state index >= 15 is 0 Å². The van der Waals surface area contributed by atoms with E-state index in [2.05, 4.69) is 4.74 Å². The van der Waals surface area contributed by atoms with Crippen molar-refractivity contribution in [3.63, 3.8) is 0 Å². The van der Waals surface area contributed by atoms with Crippen LogP contribution in [-0.4, -0.2) is 11.5 Å². The molecule has 0 aliphatic rings. The Kier molecular flexibility index (Phi) is 3.76. The number of para-hydroxylation sites is 1. The van der Waals surface area contributed by atoms with E-state index in [9.17, 15) is 18.9 Å². The number of ether oxygens (including phenoxy) is 1. The van der Waals surface area contributed by atoms with Crippen LogP contribution in [0.15, 0.2) is 18.2 Å². The zero-order chi connectivity index (χ0) is 12.3. The van der Waals surface area contributed by atoms with Crippen LogP contribution < -0.4 is 4.74 Å². The van der Waals surface area contributed by atoms with Crippen LogP contribution in [0.3, 0.4) is 0 Å². The van der Waals surface area contributed by atoms with Gasteiger partial charge in [-0.3, -0.25) is 10.1 Å². The van der Waals surface area contributed by atoms with Gasteiger partial charge in [-0.1, -0.05) is 26.0 Å². The van der Waals surface area contributed by atoms with Gasteiger partial charge in [0, 0.05) is 5.56 Å². The summed E-state index contributed by atoms with van der Waals surface area (Å²) in [5.74, 6) is -0.534. The van der Waals surface area contributed by atoms with Gasteiger partial charge >= 0.3 is 12.3 Å². The number of hydrogen-bond acceptors (Lipinski definition) is 3. The highest BCUT2D eigenvalue weighted by atomic mass is 19.3. The molecule has 0 aliphatic heterocycles. The predicted molar refractivity (Wildman–Crippen MR) is 53.8 cm³/mol. The quantitative estimate of drug-likeness (QED) is 0.590. The van der Waals surface area contributed by atoms with Crippen molar-refractivity contribution in [2.24, 2.45) is 0 Å². The van der Waals surface area contributed by atoms with E-state index in [1.807, 2.05) is 0 Å². The van der Waals surface area contributed by atoms with Crippen molar-refractivity contribution in [3.8, 4) is 5.75 Å². The Morgan fingerprint density at radius 2 is 2.00 bits per heavy atom. The Labute approximate surface area is 91.0 Å². The van der Waals surface area contributed by atoms with E-state index in [1.54, 1.807) is 13.8 Å². The van der Waals surface area contributed by atoms with E-state index in [-0.39, 0.29) is 5.92 Å². The van der Waals surface area contributed by atoms with Crippen molar-refractivity contribution < 1.29 is 18.4 Å². The number of benzene rings is 1. The molecular formula is C10H11F2NO3. The molecule has 4 nitrogen and oxygen atoms in total. The van der Waals surface area contributed by atoms with Gasteiger partial charge in [-0.25, -0.2) is 0 Å². The lowest BCUT2D eigenvalue weighted by Crippen LogP contribution is -2.06. The Bertz CT molecular complexity index is 394. The maximum Gasteiger partial charge on any atom is 0.387 e. The second-order valence-corrected chi connectivity index (χ2v) is 3.48. The fraction of sp³-hybridized carbons (Fsp3) is 0.400. The summed E-state index contributed by atoms with van der Waals surface area (Å²) in [7, 11) is 0. The minimum atomic E-state index is -3.07. The SMILES string of the molecule is CC(C)c1cccc(OC(F)F)c1[N+](=O)[O-]. The predicted octanol–water partition coefficient (Wildman–Crippen LogP) is 3.32. The molecule has 16 heavy (non-hydrogen) atoms. The van der Waals surface area contributed by atoms with Gasteiger partial charge in [0.05, 0.1) is 4.92 Å². The number of nitro benzene ring substituents is 1. The molecule has 0 N–H and O–H groups in total. The van der Waals surface area contributed by atoms with Crippen molar-refractivity contribution in [1.82, 2.24) is 0 Å². The second-order valence-electron chi connectivity index (χ2n) is 3.48. The smallest absolute Gasteiger partial charge is 0.387 e. The number of rotatable bonds is 4. The highest BCUT2D eigenvalue weighted by Gasteiger charge is 2.24. The lowest BCUT2D eigenvalue weighted by atomic mass is 10.0. The third kappa shape index (κ3) is 2.65. The standard InChI is InChI=1S/C10H11F2NO3/c1-6(2)7-4-3-5-8(16-10(11)12)9(7)13(14)15/h3-6,10H,1-2H3. The van der Waals surface area contributed by atoms with Crippen LogP contribution in [0.2, 0.25) is 0 Å². The molecule has 88 valence electrons. The molecule has 0 spiro atoms. The maximum absolute atomic E-state index is 12.1. The summed E-state index contributed by atoms with van der Waals surface area (Å²) in [4.78, 5) is 10.1. The van der Waals surface area contributed by atoms with Gasteiger partial charge in [0.25, 0.3) is 0 Å². The summed E-state index contributed by atoms with van der Waals surface area (Å²) < 4.78 is 28.2. The van der Waals surface area contributed by atoms with Crippen molar-refractivity contribution >= 4 is 5.69 Å². The molecule has 0 aliphatic carbocycles. The lowest BCUT2D eigenvalue weighted by molar-refractivity contribution is -0.387. The van der Waals surface area contributed by atoms with Crippen LogP contribution in [-0.2, 0) is 0 Å². The number of halogens is 2. The first-order valence-electron chi connectivity index (χ1n) is 4.65. The van der Waals surface area contributed by atoms with Crippen molar-refractivity contribution in [3.05, 3.63) is 33.9 Å². The van der Waals surface area contributed by atoms with Crippen molar-refractivity contribution in [1.29, 1.82) is 0 Å². The number of nitro groups is 1. The van der Waals surface area contributed by atoms with Crippen LogP contribution in [0.4, 0.5) is 14.5 Å². The van der Waals surface area contributed by atoms with E-state index in [1.165, 1.54) is 12.1 Å². The molecule has 0 atom stereocenters. The van der Waals surface area contributed by atoms with Gasteiger partial charge in [-0.05, 0) is 12.0 Å². The van der Waals surface area contributed by atoms with E-state index in [0.717, 1.165) is 6.07 Å². The molecule has 1 rings (SSSR count). The minimum absolute atomic E-state index is 0.137. The minimum Gasteiger partial charge on any atom is -0.427 e. The molecule has 0 amide bonds. The van der Waals surface area contributed by atoms with Crippen LogP contribution in [0.25, 0.3) is 0 Å². The van der Waals surface area contributed by atoms with E-state index in [0.29, 0.717) is 5.56 Å². The van der Waals surface area contributed by atoms with Crippen LogP contribution in [0.5, 0.6) is 5.75 Å². The first-order valence-corrected chi connectivity index (χ1v) is 4.65. The summed E-state index contributed by atoms with van der Waals surface area (Å²) in [5.41, 5.74) is -0.0130. The molecule has 1 aromatic rings. The molecule has 0 fully saturated rings. The average molecular weight is 231 g/mol. The zero-order valence-corrected chi connectivity index (χ0v) is 8.81. The van der Waals surface area contributed by atoms with E-state index < -0.39 is 23.0 Å². The van der Waals surface area contributed by atoms with Gasteiger partial charge in [-0.15, -0.1) is 0 Å². The van der Waals surface area contributed by atoms with Gasteiger partial charge in [0.2, 0.25) is 5.75 Å². The summed E-state index contributed by atoms with van der Waals surface area (Å²) in [6, 6.07) is 4.15. The molecule has 0 saturated heterocycles. The van der Waals surface area contributed by atoms with Crippen LogP contribution in [0, 0.1) is 10.1 Å². The first-order chi connectivity index (χ1) is 7.43. The highest BCUT2D eigenvalue weighted by Crippen LogP contribution is 2.35. The normalized spacial score (nSPS) is 10.9. The first kappa shape index (κ1) is 12.4. The molecule has 0 radical (unpaired) electrons. The highest BCUT2D eigenvalue weighted by molar-refractivity contribution is 5.53. The third-order valence-electron chi connectivity index (χ3n) is 2.05. The topological polar surface area (TPSA) is 52.4 Å². The zero-order valence-electron chi connectivity index (χ0n) is 8.81. The summed E-state index contributed by atoms with van der Waals surface area (Å²) >= 11 is 0. The lowest BCUT2D eigenvalue weighted by Gasteiger charge is -2.10. The fourth-order valence-electron chi connectivity index (χ4n) is 1.39. The largest absolute Gasteiger partial charge is 0.427 e. The fourth-order valence-corrected chi connectivity index (χ4v) is 1.39. The van der Waals surface area contributed by atoms with Gasteiger partial charge in [-0.2, -0.15) is 8.78 Å². The second kappa shape index (κ2) is 4.87. The average Bonchev–Trinajstić information content (AvgIpc) is 2.15. The molecular weight excluding hydrogens is 220 g/mol. The van der Waals surface area contributed by atoms with Gasteiger partial charge in [0.1, 0.15) is 0 Å². The van der Waals surface area contributed by atoms with Crippen molar-refractivity contribution in [2.45, 2.75) is 26.4 Å². The number of alkyl halides is 2.